The average molecular weight is 194 g/mol. The van der Waals surface area contributed by atoms with Gasteiger partial charge in [-0.2, -0.15) is 0 Å². The molecule has 1 aromatic carbocycles. The molecule has 0 amide bonds. The summed E-state index contributed by atoms with van der Waals surface area (Å²) in [6, 6.07) is 10.1. The molecular formula is C10H10O2S. The number of carbonyl (C=O) groups is 1. The second-order valence-electron chi connectivity index (χ2n) is 2.99. The molecule has 13 heavy (non-hydrogen) atoms. The van der Waals surface area contributed by atoms with Gasteiger partial charge in [-0.15, -0.1) is 0 Å². The molecule has 0 aromatic heterocycles. The van der Waals surface area contributed by atoms with Crippen LogP contribution in [0.15, 0.2) is 30.3 Å². The highest BCUT2D eigenvalue weighted by molar-refractivity contribution is 8.13. The number of hydrogen-bond donors (Lipinski definition) is 0. The molecule has 0 radical (unpaired) electrons. The average Bonchev–Trinajstić information content (AvgIpc) is 2.53. The molecule has 3 heteroatoms. The molecule has 0 N–H and O–H groups in total. The quantitative estimate of drug-likeness (QED) is 0.676. The summed E-state index contributed by atoms with van der Waals surface area (Å²) < 4.78 is 5.09. The number of ether oxygens (including phenoxy) is 1. The summed E-state index contributed by atoms with van der Waals surface area (Å²) in [6.07, 6.45) is 0.902. The molecular weight excluding hydrogens is 184 g/mol. The van der Waals surface area contributed by atoms with E-state index in [2.05, 4.69) is 12.1 Å². The molecule has 0 unspecified atom stereocenters. The van der Waals surface area contributed by atoms with E-state index in [1.807, 2.05) is 18.2 Å². The normalized spacial score (nSPS) is 21.5. The molecule has 0 spiro atoms. The molecule has 2 nitrogen and oxygen atoms in total. The van der Waals surface area contributed by atoms with Gasteiger partial charge in [0.15, 0.2) is 0 Å². The highest BCUT2D eigenvalue weighted by Gasteiger charge is 2.23. The third kappa shape index (κ3) is 2.25. The number of rotatable bonds is 2. The van der Waals surface area contributed by atoms with Crippen LogP contribution in [0.25, 0.3) is 0 Å². The third-order valence-corrected chi connectivity index (χ3v) is 2.83. The van der Waals surface area contributed by atoms with E-state index in [9.17, 15) is 4.79 Å². The van der Waals surface area contributed by atoms with Gasteiger partial charge in [-0.1, -0.05) is 30.3 Å². The maximum Gasteiger partial charge on any atom is 0.367 e. The summed E-state index contributed by atoms with van der Waals surface area (Å²) >= 11 is 1.26. The van der Waals surface area contributed by atoms with Crippen molar-refractivity contribution in [2.24, 2.45) is 0 Å². The van der Waals surface area contributed by atoms with Gasteiger partial charge in [-0.05, 0) is 17.3 Å². The standard InChI is InChI=1S/C10H10O2S/c11-10-12-9(7-13-10)6-8-4-2-1-3-5-8/h1-5,9H,6-7H2/t9-/m0/s1. The van der Waals surface area contributed by atoms with Gasteiger partial charge < -0.3 is 4.74 Å². The number of carbonyl (C=O) groups excluding carboxylic acids is 1. The first kappa shape index (κ1) is 8.63. The van der Waals surface area contributed by atoms with Gasteiger partial charge in [0.1, 0.15) is 6.10 Å². The molecule has 1 heterocycles. The summed E-state index contributed by atoms with van der Waals surface area (Å²) in [5.74, 6) is 0.785. The topological polar surface area (TPSA) is 26.3 Å². The van der Waals surface area contributed by atoms with Crippen LogP contribution < -0.4 is 0 Å². The SMILES string of the molecule is O=C1O[C@@H](Cc2ccccc2)CS1. The van der Waals surface area contributed by atoms with Gasteiger partial charge in [0.2, 0.25) is 0 Å². The minimum Gasteiger partial charge on any atom is -0.453 e. The van der Waals surface area contributed by atoms with Crippen molar-refractivity contribution < 1.29 is 9.53 Å². The fourth-order valence-corrected chi connectivity index (χ4v) is 2.05. The first-order valence-electron chi connectivity index (χ1n) is 4.22. The van der Waals surface area contributed by atoms with E-state index in [0.29, 0.717) is 0 Å². The molecule has 2 rings (SSSR count). The molecule has 1 aromatic rings. The van der Waals surface area contributed by atoms with Crippen LogP contribution in [0.5, 0.6) is 0 Å². The zero-order valence-electron chi connectivity index (χ0n) is 7.10. The zero-order valence-corrected chi connectivity index (χ0v) is 7.92. The predicted molar refractivity (Wildman–Crippen MR) is 52.9 cm³/mol. The van der Waals surface area contributed by atoms with Gasteiger partial charge in [0, 0.05) is 12.2 Å². The lowest BCUT2D eigenvalue weighted by Gasteiger charge is -2.07. The Morgan fingerprint density at radius 3 is 2.77 bits per heavy atom. The van der Waals surface area contributed by atoms with Crippen LogP contribution in [0.2, 0.25) is 0 Å². The Bertz CT molecular complexity index is 297. The third-order valence-electron chi connectivity index (χ3n) is 1.96. The van der Waals surface area contributed by atoms with Crippen LogP contribution >= 0.6 is 11.8 Å². The van der Waals surface area contributed by atoms with E-state index in [0.717, 1.165) is 12.2 Å². The second-order valence-corrected chi connectivity index (χ2v) is 3.95. The highest BCUT2D eigenvalue weighted by atomic mass is 32.2. The van der Waals surface area contributed by atoms with Crippen LogP contribution in [-0.4, -0.2) is 17.2 Å². The van der Waals surface area contributed by atoms with Crippen LogP contribution in [-0.2, 0) is 11.2 Å². The van der Waals surface area contributed by atoms with Crippen molar-refractivity contribution in [2.75, 3.05) is 5.75 Å². The molecule has 0 saturated carbocycles. The van der Waals surface area contributed by atoms with E-state index in [-0.39, 0.29) is 11.4 Å². The Labute approximate surface area is 81.3 Å². The Kier molecular flexibility index (Phi) is 2.54. The largest absolute Gasteiger partial charge is 0.453 e. The minimum atomic E-state index is -0.138. The predicted octanol–water partition coefficient (Wildman–Crippen LogP) is 2.48. The molecule has 1 aliphatic rings. The molecule has 0 bridgehead atoms. The van der Waals surface area contributed by atoms with Gasteiger partial charge in [0.25, 0.3) is 0 Å². The Morgan fingerprint density at radius 2 is 2.15 bits per heavy atom. The van der Waals surface area contributed by atoms with E-state index in [1.165, 1.54) is 17.3 Å². The van der Waals surface area contributed by atoms with Crippen molar-refractivity contribution >= 4 is 17.1 Å². The lowest BCUT2D eigenvalue weighted by molar-refractivity contribution is 0.144. The van der Waals surface area contributed by atoms with Gasteiger partial charge in [-0.25, -0.2) is 4.79 Å². The van der Waals surface area contributed by atoms with E-state index >= 15 is 0 Å². The number of thioether (sulfide) groups is 1. The smallest absolute Gasteiger partial charge is 0.367 e. The number of benzene rings is 1. The highest BCUT2D eigenvalue weighted by Crippen LogP contribution is 2.22. The summed E-state index contributed by atoms with van der Waals surface area (Å²) in [6.45, 7) is 0. The molecule has 0 aliphatic carbocycles. The van der Waals surface area contributed by atoms with Crippen LogP contribution in [0.4, 0.5) is 4.79 Å². The van der Waals surface area contributed by atoms with Crippen molar-refractivity contribution in [3.8, 4) is 0 Å². The molecule has 68 valence electrons. The first-order chi connectivity index (χ1) is 6.34. The summed E-state index contributed by atoms with van der Waals surface area (Å²) in [7, 11) is 0. The first-order valence-corrected chi connectivity index (χ1v) is 5.20. The van der Waals surface area contributed by atoms with Crippen molar-refractivity contribution in [3.05, 3.63) is 35.9 Å². The van der Waals surface area contributed by atoms with Crippen molar-refractivity contribution in [3.63, 3.8) is 0 Å². The molecule has 1 atom stereocenters. The molecule has 1 saturated heterocycles. The van der Waals surface area contributed by atoms with E-state index < -0.39 is 0 Å². The maximum absolute atomic E-state index is 10.8. The van der Waals surface area contributed by atoms with Crippen LogP contribution in [0.1, 0.15) is 5.56 Å². The summed E-state index contributed by atoms with van der Waals surface area (Å²) in [5.41, 5.74) is 1.22. The Balaban J connectivity index is 1.96. The maximum atomic E-state index is 10.8. The van der Waals surface area contributed by atoms with Crippen LogP contribution in [0, 0.1) is 0 Å². The fraction of sp³-hybridized carbons (Fsp3) is 0.300. The number of cyclic esters (lactones) is 1. The van der Waals surface area contributed by atoms with E-state index in [4.69, 9.17) is 4.74 Å². The number of hydrogen-bond acceptors (Lipinski definition) is 3. The Hall–Kier alpha value is -0.960. The van der Waals surface area contributed by atoms with Crippen molar-refractivity contribution in [2.45, 2.75) is 12.5 Å². The molecule has 1 aliphatic heterocycles. The summed E-state index contributed by atoms with van der Waals surface area (Å²) in [4.78, 5) is 10.8. The lowest BCUT2D eigenvalue weighted by Crippen LogP contribution is -2.12. The van der Waals surface area contributed by atoms with Gasteiger partial charge >= 0.3 is 5.30 Å². The van der Waals surface area contributed by atoms with Crippen molar-refractivity contribution in [1.29, 1.82) is 0 Å². The molecule has 1 fully saturated rings. The zero-order chi connectivity index (χ0) is 9.10. The lowest BCUT2D eigenvalue weighted by atomic mass is 10.1. The van der Waals surface area contributed by atoms with E-state index in [1.54, 1.807) is 0 Å². The monoisotopic (exact) mass is 194 g/mol. The Morgan fingerprint density at radius 1 is 1.38 bits per heavy atom. The summed E-state index contributed by atoms with van der Waals surface area (Å²) in [5, 5.41) is -0.138. The fourth-order valence-electron chi connectivity index (χ4n) is 1.34. The van der Waals surface area contributed by atoms with Gasteiger partial charge in [-0.3, -0.25) is 0 Å². The van der Waals surface area contributed by atoms with Gasteiger partial charge in [0.05, 0.1) is 0 Å². The van der Waals surface area contributed by atoms with Crippen LogP contribution in [0.3, 0.4) is 0 Å². The minimum absolute atomic E-state index is 0.0694. The van der Waals surface area contributed by atoms with Crippen molar-refractivity contribution in [1.82, 2.24) is 0 Å². The second kappa shape index (κ2) is 3.83.